The molecule has 0 N–H and O–H groups in total. The zero-order valence-corrected chi connectivity index (χ0v) is 21.3. The number of unbranched alkanes of at least 4 members (excludes halogenated alkanes) is 1. The van der Waals surface area contributed by atoms with Crippen LogP contribution in [0.5, 0.6) is 5.75 Å². The van der Waals surface area contributed by atoms with Crippen molar-refractivity contribution in [2.24, 2.45) is 5.16 Å². The van der Waals surface area contributed by atoms with Crippen LogP contribution in [0.1, 0.15) is 45.1 Å². The lowest BCUT2D eigenvalue weighted by Gasteiger charge is -2.15. The van der Waals surface area contributed by atoms with Crippen LogP contribution in [0.3, 0.4) is 0 Å². The Morgan fingerprint density at radius 3 is 2.46 bits per heavy atom. The van der Waals surface area contributed by atoms with E-state index in [2.05, 4.69) is 22.3 Å². The number of nitrogens with zero attached hydrogens (tertiary/aromatic N) is 3. The number of hydrogen-bond acceptors (Lipinski definition) is 9. The maximum Gasteiger partial charge on any atom is 0.335 e. The highest BCUT2D eigenvalue weighted by Gasteiger charge is 2.21. The number of aromatic nitrogens is 2. The van der Waals surface area contributed by atoms with Gasteiger partial charge in [0.2, 0.25) is 5.89 Å². The first kappa shape index (κ1) is 27.8. The van der Waals surface area contributed by atoms with E-state index in [0.717, 1.165) is 18.4 Å². The van der Waals surface area contributed by atoms with Gasteiger partial charge in [-0.3, -0.25) is 0 Å². The first-order valence-corrected chi connectivity index (χ1v) is 12.3. The van der Waals surface area contributed by atoms with Gasteiger partial charge in [-0.1, -0.05) is 30.6 Å². The van der Waals surface area contributed by atoms with Gasteiger partial charge in [-0.05, 0) is 62.2 Å². The molecule has 0 aliphatic rings. The zero-order chi connectivity index (χ0) is 26.5. The van der Waals surface area contributed by atoms with E-state index in [9.17, 15) is 9.18 Å². The highest BCUT2D eigenvalue weighted by atomic mass is 19.1. The summed E-state index contributed by atoms with van der Waals surface area (Å²) >= 11 is 0. The molecule has 1 atom stereocenters. The summed E-state index contributed by atoms with van der Waals surface area (Å²) in [5.41, 5.74) is 1.80. The molecule has 0 aliphatic carbocycles. The van der Waals surface area contributed by atoms with E-state index in [1.165, 1.54) is 12.1 Å². The third kappa shape index (κ3) is 8.68. The van der Waals surface area contributed by atoms with E-state index < -0.39 is 6.10 Å². The molecule has 0 spiro atoms. The van der Waals surface area contributed by atoms with Crippen molar-refractivity contribution in [1.82, 2.24) is 10.2 Å². The fraction of sp³-hybridized carbons (Fsp3) is 0.407. The fourth-order valence-corrected chi connectivity index (χ4v) is 3.24. The number of esters is 1. The monoisotopic (exact) mass is 513 g/mol. The molecular weight excluding hydrogens is 481 g/mol. The van der Waals surface area contributed by atoms with E-state index >= 15 is 0 Å². The predicted octanol–water partition coefficient (Wildman–Crippen LogP) is 4.99. The molecule has 1 heterocycles. The van der Waals surface area contributed by atoms with Gasteiger partial charge in [-0.2, -0.15) is 0 Å². The minimum Gasteiger partial charge on any atom is -0.487 e. The normalized spacial score (nSPS) is 12.3. The van der Waals surface area contributed by atoms with Gasteiger partial charge in [0.05, 0.1) is 6.61 Å². The van der Waals surface area contributed by atoms with Crippen LogP contribution in [0, 0.1) is 5.82 Å². The number of hydrogen-bond donors (Lipinski definition) is 0. The molecule has 0 bridgehead atoms. The summed E-state index contributed by atoms with van der Waals surface area (Å²) < 4.78 is 35.5. The topological polar surface area (TPSA) is 105 Å². The van der Waals surface area contributed by atoms with E-state index in [1.54, 1.807) is 31.2 Å². The fourth-order valence-electron chi connectivity index (χ4n) is 3.24. The molecule has 0 amide bonds. The SMILES string of the molecule is CCCCO/N=C(\COc1ccc(CC(OCC)C(=O)OCC)cc1)c1nnc(-c2ccc(F)cc2)o1. The third-order valence-electron chi connectivity index (χ3n) is 5.16. The summed E-state index contributed by atoms with van der Waals surface area (Å²) in [6.45, 7) is 6.81. The number of oxime groups is 1. The number of rotatable bonds is 15. The summed E-state index contributed by atoms with van der Waals surface area (Å²) in [4.78, 5) is 17.5. The van der Waals surface area contributed by atoms with Gasteiger partial charge in [-0.25, -0.2) is 9.18 Å². The van der Waals surface area contributed by atoms with Crippen molar-refractivity contribution < 1.29 is 32.7 Å². The molecule has 1 unspecified atom stereocenters. The molecule has 198 valence electrons. The third-order valence-corrected chi connectivity index (χ3v) is 5.16. The molecule has 0 saturated heterocycles. The standard InChI is InChI=1S/C27H32FN3O6/c1-4-7-16-36-31-23(26-30-29-25(37-26)20-10-12-21(28)13-11-20)18-35-22-14-8-19(9-15-22)17-24(33-5-2)27(32)34-6-3/h8-15,24H,4-7,16-18H2,1-3H3/b31-23+. The first-order chi connectivity index (χ1) is 18.0. The zero-order valence-electron chi connectivity index (χ0n) is 21.3. The van der Waals surface area contributed by atoms with Crippen molar-refractivity contribution in [3.8, 4) is 17.2 Å². The summed E-state index contributed by atoms with van der Waals surface area (Å²) in [7, 11) is 0. The van der Waals surface area contributed by atoms with Gasteiger partial charge >= 0.3 is 5.97 Å². The molecule has 3 aromatic rings. The highest BCUT2D eigenvalue weighted by molar-refractivity contribution is 5.97. The van der Waals surface area contributed by atoms with Crippen LogP contribution in [0.4, 0.5) is 4.39 Å². The van der Waals surface area contributed by atoms with Crippen LogP contribution in [0.15, 0.2) is 58.1 Å². The average Bonchev–Trinajstić information content (AvgIpc) is 3.39. The van der Waals surface area contributed by atoms with Gasteiger partial charge in [0.25, 0.3) is 5.89 Å². The molecule has 2 aromatic carbocycles. The molecule has 0 radical (unpaired) electrons. The number of halogens is 1. The number of carbonyl (C=O) groups excluding carboxylic acids is 1. The summed E-state index contributed by atoms with van der Waals surface area (Å²) in [5.74, 6) is 0.205. The Hall–Kier alpha value is -3.79. The Balaban J connectivity index is 1.67. The lowest BCUT2D eigenvalue weighted by Crippen LogP contribution is -2.28. The average molecular weight is 514 g/mol. The van der Waals surface area contributed by atoms with Gasteiger partial charge in [0.15, 0.2) is 11.8 Å². The van der Waals surface area contributed by atoms with Crippen LogP contribution in [-0.2, 0) is 25.5 Å². The van der Waals surface area contributed by atoms with Crippen LogP contribution in [0.2, 0.25) is 0 Å². The molecule has 1 aromatic heterocycles. The quantitative estimate of drug-likeness (QED) is 0.121. The van der Waals surface area contributed by atoms with Crippen LogP contribution < -0.4 is 4.74 Å². The van der Waals surface area contributed by atoms with Gasteiger partial charge in [-0.15, -0.1) is 10.2 Å². The van der Waals surface area contributed by atoms with Crippen LogP contribution in [0.25, 0.3) is 11.5 Å². The minimum atomic E-state index is -0.663. The lowest BCUT2D eigenvalue weighted by molar-refractivity contribution is -0.156. The lowest BCUT2D eigenvalue weighted by atomic mass is 10.1. The maximum atomic E-state index is 13.2. The summed E-state index contributed by atoms with van der Waals surface area (Å²) in [6, 6.07) is 13.0. The van der Waals surface area contributed by atoms with Crippen LogP contribution in [-0.4, -0.2) is 54.4 Å². The van der Waals surface area contributed by atoms with E-state index in [0.29, 0.717) is 43.3 Å². The molecule has 3 rings (SSSR count). The second-order valence-electron chi connectivity index (χ2n) is 7.98. The molecular formula is C27H32FN3O6. The van der Waals surface area contributed by atoms with E-state index in [1.807, 2.05) is 19.1 Å². The van der Waals surface area contributed by atoms with Crippen molar-refractivity contribution in [2.75, 3.05) is 26.4 Å². The second-order valence-corrected chi connectivity index (χ2v) is 7.98. The molecule has 9 nitrogen and oxygen atoms in total. The Bertz CT molecular complexity index is 1130. The van der Waals surface area contributed by atoms with Crippen LogP contribution >= 0.6 is 0 Å². The molecule has 0 saturated carbocycles. The maximum absolute atomic E-state index is 13.2. The Kier molecular flexibility index (Phi) is 11.0. The predicted molar refractivity (Wildman–Crippen MR) is 135 cm³/mol. The second kappa shape index (κ2) is 14.7. The van der Waals surface area contributed by atoms with Gasteiger partial charge in [0, 0.05) is 18.6 Å². The number of ether oxygens (including phenoxy) is 3. The molecule has 37 heavy (non-hydrogen) atoms. The minimum absolute atomic E-state index is 0.0148. The highest BCUT2D eigenvalue weighted by Crippen LogP contribution is 2.20. The van der Waals surface area contributed by atoms with Crippen molar-refractivity contribution in [3.05, 3.63) is 65.8 Å². The largest absolute Gasteiger partial charge is 0.487 e. The number of benzene rings is 2. The Labute approximate surface area is 215 Å². The Morgan fingerprint density at radius 2 is 1.78 bits per heavy atom. The summed E-state index contributed by atoms with van der Waals surface area (Å²) in [5, 5.41) is 12.3. The first-order valence-electron chi connectivity index (χ1n) is 12.3. The molecule has 0 aliphatic heterocycles. The molecule has 10 heteroatoms. The van der Waals surface area contributed by atoms with Crippen molar-refractivity contribution >= 4 is 11.7 Å². The molecule has 0 fully saturated rings. The van der Waals surface area contributed by atoms with E-state index in [4.69, 9.17) is 23.5 Å². The Morgan fingerprint density at radius 1 is 1.03 bits per heavy atom. The number of carbonyl (C=O) groups is 1. The van der Waals surface area contributed by atoms with Crippen molar-refractivity contribution in [1.29, 1.82) is 0 Å². The van der Waals surface area contributed by atoms with Gasteiger partial charge in [0.1, 0.15) is 24.8 Å². The van der Waals surface area contributed by atoms with E-state index in [-0.39, 0.29) is 30.2 Å². The summed E-state index contributed by atoms with van der Waals surface area (Å²) in [6.07, 6.45) is 1.53. The van der Waals surface area contributed by atoms with Gasteiger partial charge < -0.3 is 23.5 Å². The van der Waals surface area contributed by atoms with Crippen molar-refractivity contribution in [2.45, 2.75) is 46.1 Å². The van der Waals surface area contributed by atoms with Crippen molar-refractivity contribution in [3.63, 3.8) is 0 Å². The smallest absolute Gasteiger partial charge is 0.335 e.